The highest BCUT2D eigenvalue weighted by Gasteiger charge is 2.52. The Bertz CT molecular complexity index is 4170. The van der Waals surface area contributed by atoms with Gasteiger partial charge in [-0.3, -0.25) is 37.6 Å². The second-order valence-corrected chi connectivity index (χ2v) is 24.4. The molecule has 0 spiro atoms. The molecule has 24 heteroatoms. The Morgan fingerprint density at radius 3 is 1.58 bits per heavy atom. The monoisotopic (exact) mass is 1200 g/mol. The van der Waals surface area contributed by atoms with Gasteiger partial charge in [-0.2, -0.15) is 20.2 Å². The number of nitrogens with zero attached hydrogens (tertiary/aromatic N) is 14. The van der Waals surface area contributed by atoms with E-state index in [0.717, 1.165) is 117 Å². The van der Waals surface area contributed by atoms with Gasteiger partial charge in [0.25, 0.3) is 0 Å². The molecule has 2 aliphatic carbocycles. The highest BCUT2D eigenvalue weighted by molar-refractivity contribution is 9.10. The summed E-state index contributed by atoms with van der Waals surface area (Å²) >= 11 is 3.53. The molecule has 15 rings (SSSR count). The molecule has 3 saturated heterocycles. The number of ether oxygens (including phenoxy) is 4. The minimum Gasteiger partial charge on any atom is -0.477 e. The first-order chi connectivity index (χ1) is 40.6. The normalized spacial score (nSPS) is 19.1. The van der Waals surface area contributed by atoms with Gasteiger partial charge < -0.3 is 28.3 Å². The molecule has 2 unspecified atom stereocenters. The Labute approximate surface area is 492 Å². The number of halogens is 1. The van der Waals surface area contributed by atoms with Gasteiger partial charge in [0.15, 0.2) is 11.6 Å². The molecule has 5 fully saturated rings. The summed E-state index contributed by atoms with van der Waals surface area (Å²) in [6, 6.07) is 16.3. The van der Waals surface area contributed by atoms with E-state index in [4.69, 9.17) is 48.2 Å². The maximum absolute atomic E-state index is 13.5. The zero-order chi connectivity index (χ0) is 57.9. The molecule has 0 radical (unpaired) electrons. The minimum absolute atomic E-state index is 0.0426. The summed E-state index contributed by atoms with van der Waals surface area (Å²) < 4.78 is 46.8. The molecule has 0 N–H and O–H groups in total. The molecule has 2 atom stereocenters. The lowest BCUT2D eigenvalue weighted by molar-refractivity contribution is 0.00578. The van der Waals surface area contributed by atoms with Crippen LogP contribution in [0.25, 0.3) is 55.0 Å². The average molecular weight is 1200 g/mol. The second-order valence-electron chi connectivity index (χ2n) is 23.5. The van der Waals surface area contributed by atoms with Gasteiger partial charge in [0.05, 0.1) is 113 Å². The SMILES string of the molecule is Cn1cc(-c2ccc3c(OCC4CCOC4)nc(Cn4c(=O)n(C5CC5)c5ccncc54)nc3c2)cn1.Cn1cc(B2OC(C)(C)C(C)(C)O2)cn1.O=c1n(Cc2nc(OCC3CCOC3)c3ccc(Br)cc3n2)c2cnccc2n1C1CC1. The van der Waals surface area contributed by atoms with Crippen LogP contribution in [0.15, 0.2) is 112 Å². The van der Waals surface area contributed by atoms with Gasteiger partial charge in [-0.25, -0.2) is 19.6 Å². The first-order valence-corrected chi connectivity index (χ1v) is 29.5. The number of benzene rings is 2. The molecule has 22 nitrogen and oxygen atoms in total. The number of rotatable bonds is 14. The summed E-state index contributed by atoms with van der Waals surface area (Å²) in [7, 11) is 3.48. The van der Waals surface area contributed by atoms with Crippen molar-refractivity contribution in [3.63, 3.8) is 0 Å². The van der Waals surface area contributed by atoms with E-state index in [0.29, 0.717) is 61.7 Å². The van der Waals surface area contributed by atoms with Gasteiger partial charge in [0.2, 0.25) is 11.8 Å². The Morgan fingerprint density at radius 1 is 0.595 bits per heavy atom. The van der Waals surface area contributed by atoms with E-state index in [1.807, 2.05) is 118 Å². The van der Waals surface area contributed by atoms with Gasteiger partial charge in [-0.15, -0.1) is 0 Å². The summed E-state index contributed by atoms with van der Waals surface area (Å²) in [6.07, 6.45) is 20.5. The fourth-order valence-electron chi connectivity index (χ4n) is 11.0. The summed E-state index contributed by atoms with van der Waals surface area (Å²) in [5.74, 6) is 2.84. The molecule has 0 bridgehead atoms. The van der Waals surface area contributed by atoms with Crippen LogP contribution in [0.2, 0.25) is 0 Å². The van der Waals surface area contributed by atoms with Crippen molar-refractivity contribution >= 4 is 72.4 Å². The van der Waals surface area contributed by atoms with Crippen LogP contribution in [0.1, 0.15) is 90.0 Å². The van der Waals surface area contributed by atoms with Crippen molar-refractivity contribution in [3.8, 4) is 22.9 Å². The van der Waals surface area contributed by atoms with Crippen molar-refractivity contribution in [1.82, 2.24) is 67.7 Å². The van der Waals surface area contributed by atoms with E-state index in [1.54, 1.807) is 49.5 Å². The highest BCUT2D eigenvalue weighted by atomic mass is 79.9. The van der Waals surface area contributed by atoms with E-state index in [-0.39, 0.29) is 54.9 Å². The van der Waals surface area contributed by atoms with E-state index < -0.39 is 0 Å². The van der Waals surface area contributed by atoms with Crippen LogP contribution in [-0.2, 0) is 46.0 Å². The number of aromatic nitrogens is 14. The molecule has 3 aliphatic heterocycles. The third-order valence-electron chi connectivity index (χ3n) is 16.6. The molecule has 5 aliphatic rings. The summed E-state index contributed by atoms with van der Waals surface area (Å²) in [6.45, 7) is 12.7. The van der Waals surface area contributed by atoms with Crippen LogP contribution in [0, 0.1) is 11.8 Å². The van der Waals surface area contributed by atoms with Crippen molar-refractivity contribution in [1.29, 1.82) is 0 Å². The van der Waals surface area contributed by atoms with Crippen LogP contribution < -0.4 is 26.3 Å². The predicted octanol–water partition coefficient (Wildman–Crippen LogP) is 7.76. The highest BCUT2D eigenvalue weighted by Crippen LogP contribution is 2.39. The molecular weight excluding hydrogens is 1140 g/mol. The number of fused-ring (bicyclic) bond motifs is 4. The van der Waals surface area contributed by atoms with Gasteiger partial charge >= 0.3 is 18.5 Å². The lowest BCUT2D eigenvalue weighted by atomic mass is 9.82. The Kier molecular flexibility index (Phi) is 15.0. The lowest BCUT2D eigenvalue weighted by Gasteiger charge is -2.32. The van der Waals surface area contributed by atoms with Crippen LogP contribution in [0.5, 0.6) is 11.8 Å². The van der Waals surface area contributed by atoms with Gasteiger partial charge in [-0.1, -0.05) is 22.0 Å². The number of hydrogen-bond acceptors (Lipinski definition) is 16. The van der Waals surface area contributed by atoms with Crippen LogP contribution in [-0.4, -0.2) is 126 Å². The molecule has 84 heavy (non-hydrogen) atoms. The fraction of sp³-hybridized carbons (Fsp3) is 0.433. The molecule has 2 saturated carbocycles. The predicted molar refractivity (Wildman–Crippen MR) is 319 cm³/mol. The van der Waals surface area contributed by atoms with E-state index in [2.05, 4.69) is 36.1 Å². The third kappa shape index (κ3) is 11.4. The zero-order valence-corrected chi connectivity index (χ0v) is 49.5. The maximum atomic E-state index is 13.5. The molecule has 10 aromatic rings. The van der Waals surface area contributed by atoms with Crippen molar-refractivity contribution in [2.45, 2.75) is 103 Å². The van der Waals surface area contributed by atoms with E-state index in [1.165, 1.54) is 0 Å². The first kappa shape index (κ1) is 55.5. The molecule has 434 valence electrons. The first-order valence-electron chi connectivity index (χ1n) is 28.7. The van der Waals surface area contributed by atoms with E-state index >= 15 is 0 Å². The zero-order valence-electron chi connectivity index (χ0n) is 47.9. The van der Waals surface area contributed by atoms with Gasteiger partial charge in [-0.05, 0) is 114 Å². The number of pyridine rings is 2. The Morgan fingerprint density at radius 2 is 1.11 bits per heavy atom. The van der Waals surface area contributed by atoms with Crippen LogP contribution >= 0.6 is 15.9 Å². The minimum atomic E-state index is -0.302. The number of aryl methyl sites for hydroxylation is 2. The topological polar surface area (TPSA) is 222 Å². The van der Waals surface area contributed by atoms with Crippen molar-refractivity contribution in [2.75, 3.05) is 39.6 Å². The van der Waals surface area contributed by atoms with Gasteiger partial charge in [0, 0.05) is 97.7 Å². The largest absolute Gasteiger partial charge is 0.498 e. The summed E-state index contributed by atoms with van der Waals surface area (Å²) in [5, 5.41) is 10.1. The standard InChI is InChI=1S/C27H27N7O3.C23H22BrN5O3.C10H17BN2O2/c1-32-13-19(11-29-32)18-2-5-21-22(10-18)30-25(31-26(21)37-16-17-7-9-36-15-17)14-33-24-12-28-8-6-23(24)34(27(33)35)20-3-4-20;24-15-1-4-17-18(9-15)26-21(27-22(17)32-13-14-6-8-31-12-14)11-28-20-10-25-7-5-19(20)29(23(28)30)16-2-3-16;1-9(2)10(3,4)15-11(14-9)8-6-12-13(5)7-8/h2,5-6,8,10-13,17,20H,3-4,7,9,14-16H2,1H3;1,4-5,7,9-10,14,16H,2-3,6,8,11-13H2;6-7H,1-5H3. The second kappa shape index (κ2) is 22.7. The Balaban J connectivity index is 0.000000127. The average Bonchev–Trinajstić information content (AvgIpc) is 3.89. The maximum Gasteiger partial charge on any atom is 0.498 e. The molecule has 2 aromatic carbocycles. The van der Waals surface area contributed by atoms with Gasteiger partial charge in [0.1, 0.15) is 0 Å². The lowest BCUT2D eigenvalue weighted by Crippen LogP contribution is -2.41. The third-order valence-corrected chi connectivity index (χ3v) is 17.1. The van der Waals surface area contributed by atoms with Crippen LogP contribution in [0.4, 0.5) is 0 Å². The van der Waals surface area contributed by atoms with Crippen molar-refractivity contribution < 1.29 is 28.3 Å². The molecular formula is C60H66BBrN14O8. The smallest absolute Gasteiger partial charge is 0.477 e. The molecule has 8 aromatic heterocycles. The fourth-order valence-corrected chi connectivity index (χ4v) is 11.3. The Hall–Kier alpha value is -7.64. The van der Waals surface area contributed by atoms with Crippen molar-refractivity contribution in [2.24, 2.45) is 25.9 Å². The number of imidazole rings is 2. The molecule has 11 heterocycles. The molecule has 0 amide bonds. The quantitative estimate of drug-likeness (QED) is 0.0949. The van der Waals surface area contributed by atoms with Crippen molar-refractivity contribution in [3.05, 3.63) is 135 Å². The van der Waals surface area contributed by atoms with E-state index in [9.17, 15) is 9.59 Å². The number of hydrogen-bond donors (Lipinski definition) is 0. The summed E-state index contributed by atoms with van der Waals surface area (Å²) in [4.78, 5) is 54.4. The van der Waals surface area contributed by atoms with Crippen LogP contribution in [0.3, 0.4) is 0 Å². The summed E-state index contributed by atoms with van der Waals surface area (Å²) in [5.41, 5.74) is 7.26.